The van der Waals surface area contributed by atoms with E-state index in [1.165, 1.54) is 5.56 Å². The van der Waals surface area contributed by atoms with Crippen LogP contribution >= 0.6 is 0 Å². The number of H-pyrrole nitrogens is 1. The Kier molecular flexibility index (Phi) is 5.93. The zero-order chi connectivity index (χ0) is 21.6. The van der Waals surface area contributed by atoms with Crippen LogP contribution in [0.1, 0.15) is 18.9 Å². The third-order valence-corrected chi connectivity index (χ3v) is 4.39. The average Bonchev–Trinajstić information content (AvgIpc) is 3.21. The molecule has 2 heterocycles. The Morgan fingerprint density at radius 2 is 1.87 bits per heavy atom. The molecule has 9 nitrogen and oxygen atoms in total. The Morgan fingerprint density at radius 1 is 1.03 bits per heavy atom. The molecule has 4 aromatic rings. The summed E-state index contributed by atoms with van der Waals surface area (Å²) in [4.78, 5) is 11.5. The highest BCUT2D eigenvalue weighted by atomic mass is 16.5. The Balaban J connectivity index is 1.44. The minimum absolute atomic E-state index is 0.156. The molecular weight excluding hydrogens is 392 g/mol. The molecule has 0 saturated heterocycles. The first-order chi connectivity index (χ1) is 15.1. The van der Waals surface area contributed by atoms with Crippen molar-refractivity contribution in [2.45, 2.75) is 20.3 Å². The number of aromatic nitrogens is 5. The molecule has 0 fully saturated rings. The number of nitrogen functional groups attached to an aromatic ring is 1. The Labute approximate surface area is 180 Å². The van der Waals surface area contributed by atoms with Gasteiger partial charge in [0.25, 0.3) is 0 Å². The van der Waals surface area contributed by atoms with Crippen molar-refractivity contribution < 1.29 is 4.74 Å². The van der Waals surface area contributed by atoms with E-state index < -0.39 is 0 Å². The van der Waals surface area contributed by atoms with E-state index in [2.05, 4.69) is 42.7 Å². The van der Waals surface area contributed by atoms with Gasteiger partial charge < -0.3 is 26.1 Å². The molecule has 0 aliphatic carbocycles. The molecule has 0 aliphatic rings. The van der Waals surface area contributed by atoms with Crippen LogP contribution in [0.25, 0.3) is 11.4 Å². The number of aromatic amines is 1. The molecule has 4 rings (SSSR count). The predicted molar refractivity (Wildman–Crippen MR) is 122 cm³/mol. The molecule has 2 aromatic carbocycles. The van der Waals surface area contributed by atoms with Crippen LogP contribution in [0.15, 0.2) is 54.6 Å². The smallest absolute Gasteiger partial charge is 0.226 e. The van der Waals surface area contributed by atoms with Crippen molar-refractivity contribution >= 4 is 23.4 Å². The van der Waals surface area contributed by atoms with Crippen LogP contribution in [0.2, 0.25) is 0 Å². The first-order valence-corrected chi connectivity index (χ1v) is 10.0. The third-order valence-electron chi connectivity index (χ3n) is 4.39. The SMILES string of the molecule is CCCNc1cc(Oc2ccc(-c3nnc(Nc4cccc(C)c4)[nH]3)cc2)nc(N)n1. The molecule has 31 heavy (non-hydrogen) atoms. The average molecular weight is 416 g/mol. The maximum Gasteiger partial charge on any atom is 0.226 e. The molecule has 0 bridgehead atoms. The summed E-state index contributed by atoms with van der Waals surface area (Å²) < 4.78 is 5.84. The first kappa shape index (κ1) is 20.1. The number of ether oxygens (including phenoxy) is 1. The minimum Gasteiger partial charge on any atom is -0.439 e. The zero-order valence-corrected chi connectivity index (χ0v) is 17.4. The van der Waals surface area contributed by atoms with Crippen LogP contribution in [0, 0.1) is 6.92 Å². The maximum atomic E-state index is 5.84. The molecular formula is C22H24N8O. The second-order valence-electron chi connectivity index (χ2n) is 7.02. The number of nitrogens with zero attached hydrogens (tertiary/aromatic N) is 4. The van der Waals surface area contributed by atoms with Crippen molar-refractivity contribution in [1.29, 1.82) is 0 Å². The van der Waals surface area contributed by atoms with Crippen LogP contribution < -0.4 is 21.1 Å². The largest absolute Gasteiger partial charge is 0.439 e. The summed E-state index contributed by atoms with van der Waals surface area (Å²) in [5.74, 6) is 3.02. The van der Waals surface area contributed by atoms with Crippen LogP contribution in [0.3, 0.4) is 0 Å². The number of hydrogen-bond acceptors (Lipinski definition) is 8. The van der Waals surface area contributed by atoms with E-state index in [0.29, 0.717) is 29.2 Å². The Hall–Kier alpha value is -4.14. The highest BCUT2D eigenvalue weighted by Crippen LogP contribution is 2.25. The summed E-state index contributed by atoms with van der Waals surface area (Å²) in [5.41, 5.74) is 8.78. The Bertz CT molecular complexity index is 1160. The minimum atomic E-state index is 0.156. The third kappa shape index (κ3) is 5.27. The summed E-state index contributed by atoms with van der Waals surface area (Å²) in [6.45, 7) is 4.91. The standard InChI is InChI=1S/C22H24N8O/c1-3-11-24-18-13-19(27-21(23)26-18)31-17-9-7-15(8-10-17)20-28-22(30-29-20)25-16-6-4-5-14(2)12-16/h4-10,12-13H,3,11H2,1-2H3,(H3,23,24,26,27)(H2,25,28,29,30). The van der Waals surface area contributed by atoms with E-state index in [-0.39, 0.29) is 5.95 Å². The molecule has 0 aliphatic heterocycles. The number of anilines is 4. The lowest BCUT2D eigenvalue weighted by molar-refractivity contribution is 0.463. The van der Waals surface area contributed by atoms with Gasteiger partial charge in [-0.25, -0.2) is 0 Å². The van der Waals surface area contributed by atoms with Crippen molar-refractivity contribution in [3.63, 3.8) is 0 Å². The second-order valence-corrected chi connectivity index (χ2v) is 7.02. The van der Waals surface area contributed by atoms with Gasteiger partial charge >= 0.3 is 0 Å². The quantitative estimate of drug-likeness (QED) is 0.330. The van der Waals surface area contributed by atoms with E-state index in [0.717, 1.165) is 24.2 Å². The van der Waals surface area contributed by atoms with Crippen molar-refractivity contribution in [2.75, 3.05) is 22.9 Å². The maximum absolute atomic E-state index is 5.84. The molecule has 0 spiro atoms. The molecule has 0 unspecified atom stereocenters. The van der Waals surface area contributed by atoms with Crippen molar-refractivity contribution in [3.05, 3.63) is 60.2 Å². The molecule has 5 N–H and O–H groups in total. The van der Waals surface area contributed by atoms with Gasteiger partial charge in [-0.3, -0.25) is 0 Å². The van der Waals surface area contributed by atoms with Crippen LogP contribution in [0.4, 0.5) is 23.4 Å². The van der Waals surface area contributed by atoms with Gasteiger partial charge in [-0.2, -0.15) is 9.97 Å². The van der Waals surface area contributed by atoms with Crippen molar-refractivity contribution in [3.8, 4) is 23.0 Å². The number of nitrogens with two attached hydrogens (primary N) is 1. The van der Waals surface area contributed by atoms with Gasteiger partial charge in [-0.15, -0.1) is 10.2 Å². The fourth-order valence-corrected chi connectivity index (χ4v) is 2.95. The molecule has 0 amide bonds. The topological polar surface area (TPSA) is 127 Å². The van der Waals surface area contributed by atoms with E-state index in [1.807, 2.05) is 55.5 Å². The van der Waals surface area contributed by atoms with Crippen molar-refractivity contribution in [1.82, 2.24) is 25.1 Å². The fourth-order valence-electron chi connectivity index (χ4n) is 2.95. The van der Waals surface area contributed by atoms with Gasteiger partial charge in [-0.05, 0) is 55.3 Å². The summed E-state index contributed by atoms with van der Waals surface area (Å²) in [5, 5.41) is 14.8. The van der Waals surface area contributed by atoms with Crippen molar-refractivity contribution in [2.24, 2.45) is 0 Å². The fraction of sp³-hybridized carbons (Fsp3) is 0.182. The lowest BCUT2D eigenvalue weighted by Gasteiger charge is -2.09. The summed E-state index contributed by atoms with van der Waals surface area (Å²) in [6.07, 6.45) is 0.978. The van der Waals surface area contributed by atoms with Crippen LogP contribution in [-0.4, -0.2) is 31.7 Å². The zero-order valence-electron chi connectivity index (χ0n) is 17.4. The van der Waals surface area contributed by atoms with E-state index in [9.17, 15) is 0 Å². The van der Waals surface area contributed by atoms with E-state index in [1.54, 1.807) is 6.07 Å². The van der Waals surface area contributed by atoms with Gasteiger partial charge in [0.05, 0.1) is 0 Å². The molecule has 2 aromatic heterocycles. The first-order valence-electron chi connectivity index (χ1n) is 10.0. The molecule has 158 valence electrons. The summed E-state index contributed by atoms with van der Waals surface area (Å²) in [6, 6.07) is 17.2. The number of benzene rings is 2. The monoisotopic (exact) mass is 416 g/mol. The molecule has 0 atom stereocenters. The lowest BCUT2D eigenvalue weighted by Crippen LogP contribution is -2.05. The number of rotatable bonds is 8. The highest BCUT2D eigenvalue weighted by molar-refractivity contribution is 5.60. The van der Waals surface area contributed by atoms with Crippen LogP contribution in [-0.2, 0) is 0 Å². The second kappa shape index (κ2) is 9.12. The van der Waals surface area contributed by atoms with Crippen LogP contribution in [0.5, 0.6) is 11.6 Å². The summed E-state index contributed by atoms with van der Waals surface area (Å²) >= 11 is 0. The van der Waals surface area contributed by atoms with E-state index >= 15 is 0 Å². The predicted octanol–water partition coefficient (Wildman–Crippen LogP) is 4.51. The van der Waals surface area contributed by atoms with Gasteiger partial charge in [0.1, 0.15) is 11.6 Å². The number of hydrogen-bond donors (Lipinski definition) is 4. The highest BCUT2D eigenvalue weighted by Gasteiger charge is 2.08. The number of aryl methyl sites for hydroxylation is 1. The van der Waals surface area contributed by atoms with Gasteiger partial charge in [-0.1, -0.05) is 19.1 Å². The summed E-state index contributed by atoms with van der Waals surface area (Å²) in [7, 11) is 0. The molecule has 0 radical (unpaired) electrons. The van der Waals surface area contributed by atoms with Gasteiger partial charge in [0.2, 0.25) is 17.8 Å². The molecule has 0 saturated carbocycles. The van der Waals surface area contributed by atoms with Gasteiger partial charge in [0, 0.05) is 23.9 Å². The van der Waals surface area contributed by atoms with Gasteiger partial charge in [0.15, 0.2) is 5.82 Å². The number of nitrogens with one attached hydrogen (secondary N) is 3. The lowest BCUT2D eigenvalue weighted by atomic mass is 10.2. The normalized spacial score (nSPS) is 10.6. The van der Waals surface area contributed by atoms with E-state index in [4.69, 9.17) is 10.5 Å². The Morgan fingerprint density at radius 3 is 2.65 bits per heavy atom. The molecule has 9 heteroatoms.